The minimum atomic E-state index is -0.555. The van der Waals surface area contributed by atoms with Crippen molar-refractivity contribution in [2.24, 2.45) is 5.73 Å². The average Bonchev–Trinajstić information content (AvgIpc) is 2.39. The molecule has 0 saturated carbocycles. The predicted octanol–water partition coefficient (Wildman–Crippen LogP) is 3.30. The van der Waals surface area contributed by atoms with Crippen molar-refractivity contribution < 1.29 is 9.63 Å². The van der Waals surface area contributed by atoms with Gasteiger partial charge >= 0.3 is 5.97 Å². The molecule has 0 aromatic heterocycles. The summed E-state index contributed by atoms with van der Waals surface area (Å²) in [5.41, 5.74) is 8.02. The van der Waals surface area contributed by atoms with Gasteiger partial charge in [0.1, 0.15) is 6.04 Å². The first-order valence-corrected chi connectivity index (χ1v) is 7.87. The molecule has 0 radical (unpaired) electrons. The Bertz CT molecular complexity index is 208. The highest BCUT2D eigenvalue weighted by molar-refractivity contribution is 5.74. The van der Waals surface area contributed by atoms with Gasteiger partial charge in [-0.25, -0.2) is 4.79 Å². The number of rotatable bonds is 13. The number of hydrogen-bond acceptors (Lipinski definition) is 4. The molecule has 0 amide bonds. The number of carbonyl (C=O) groups is 1. The second kappa shape index (κ2) is 13.8. The van der Waals surface area contributed by atoms with E-state index < -0.39 is 12.0 Å². The first kappa shape index (κ1) is 18.4. The van der Waals surface area contributed by atoms with Gasteiger partial charge in [-0.15, -0.1) is 0 Å². The Morgan fingerprint density at radius 2 is 1.47 bits per heavy atom. The third kappa shape index (κ3) is 13.6. The summed E-state index contributed by atoms with van der Waals surface area (Å²) in [6.45, 7) is 4.58. The lowest BCUT2D eigenvalue weighted by Gasteiger charge is -2.07. The van der Waals surface area contributed by atoms with Crippen LogP contribution in [-0.4, -0.2) is 18.6 Å². The summed E-state index contributed by atoms with van der Waals surface area (Å²) >= 11 is 0. The molecule has 19 heavy (non-hydrogen) atoms. The molecular weight excluding hydrogens is 240 g/mol. The monoisotopic (exact) mass is 272 g/mol. The Labute approximate surface area is 118 Å². The van der Waals surface area contributed by atoms with Crippen LogP contribution in [0.15, 0.2) is 0 Å². The normalized spacial score (nSPS) is 12.4. The molecule has 4 nitrogen and oxygen atoms in total. The molecular formula is C15H32N2O2. The van der Waals surface area contributed by atoms with Crippen molar-refractivity contribution in [2.45, 2.75) is 84.1 Å². The zero-order valence-corrected chi connectivity index (χ0v) is 12.7. The lowest BCUT2D eigenvalue weighted by Crippen LogP contribution is -2.33. The topological polar surface area (TPSA) is 64.3 Å². The van der Waals surface area contributed by atoms with Gasteiger partial charge in [0.25, 0.3) is 0 Å². The highest BCUT2D eigenvalue weighted by Crippen LogP contribution is 2.10. The maximum absolute atomic E-state index is 11.0. The van der Waals surface area contributed by atoms with Gasteiger partial charge in [0.2, 0.25) is 0 Å². The summed E-state index contributed by atoms with van der Waals surface area (Å²) in [5.74, 6) is -0.396. The fourth-order valence-corrected chi connectivity index (χ4v) is 1.90. The largest absolute Gasteiger partial charge is 0.369 e. The van der Waals surface area contributed by atoms with Crippen LogP contribution in [0.5, 0.6) is 0 Å². The van der Waals surface area contributed by atoms with Gasteiger partial charge in [0.05, 0.1) is 0 Å². The van der Waals surface area contributed by atoms with Gasteiger partial charge in [0.15, 0.2) is 0 Å². The lowest BCUT2D eigenvalue weighted by atomic mass is 10.1. The first-order valence-electron chi connectivity index (χ1n) is 7.87. The number of hydrogen-bond donors (Lipinski definition) is 2. The molecule has 0 bridgehead atoms. The maximum atomic E-state index is 11.0. The van der Waals surface area contributed by atoms with E-state index >= 15 is 0 Å². The second-order valence-corrected chi connectivity index (χ2v) is 5.29. The van der Waals surface area contributed by atoms with Crippen molar-refractivity contribution in [3.05, 3.63) is 0 Å². The lowest BCUT2D eigenvalue weighted by molar-refractivity contribution is -0.152. The molecule has 0 unspecified atom stereocenters. The van der Waals surface area contributed by atoms with E-state index in [1.165, 1.54) is 57.8 Å². The molecule has 0 aromatic carbocycles. The van der Waals surface area contributed by atoms with Crippen molar-refractivity contribution in [1.82, 2.24) is 5.48 Å². The maximum Gasteiger partial charge on any atom is 0.341 e. The smallest absolute Gasteiger partial charge is 0.341 e. The van der Waals surface area contributed by atoms with Crippen LogP contribution in [0.1, 0.15) is 78.1 Å². The Kier molecular flexibility index (Phi) is 13.4. The van der Waals surface area contributed by atoms with Crippen LogP contribution in [0.25, 0.3) is 0 Å². The van der Waals surface area contributed by atoms with Crippen molar-refractivity contribution in [2.75, 3.05) is 6.54 Å². The molecule has 0 aromatic rings. The van der Waals surface area contributed by atoms with Crippen LogP contribution < -0.4 is 11.2 Å². The molecule has 114 valence electrons. The summed E-state index contributed by atoms with van der Waals surface area (Å²) in [4.78, 5) is 15.8. The quantitative estimate of drug-likeness (QED) is 0.399. The van der Waals surface area contributed by atoms with Crippen LogP contribution >= 0.6 is 0 Å². The molecule has 0 rings (SSSR count). The fraction of sp³-hybridized carbons (Fsp3) is 0.933. The summed E-state index contributed by atoms with van der Waals surface area (Å²) < 4.78 is 0. The zero-order valence-electron chi connectivity index (χ0n) is 12.7. The molecule has 0 fully saturated rings. The number of unbranched alkanes of at least 4 members (excludes halogenated alkanes) is 9. The van der Waals surface area contributed by atoms with Crippen LogP contribution in [0.4, 0.5) is 0 Å². The van der Waals surface area contributed by atoms with Gasteiger partial charge in [-0.3, -0.25) is 0 Å². The SMILES string of the molecule is CCCCCCCCCCCCNOC(=O)[C@H](C)N. The molecule has 0 heterocycles. The minimum Gasteiger partial charge on any atom is -0.369 e. The minimum absolute atomic E-state index is 0.396. The number of carbonyl (C=O) groups excluding carboxylic acids is 1. The highest BCUT2D eigenvalue weighted by Gasteiger charge is 2.07. The standard InChI is InChI=1S/C15H32N2O2/c1-3-4-5-6-7-8-9-10-11-12-13-17-19-15(18)14(2)16/h14,17H,3-13,16H2,1-2H3/t14-/m0/s1. The predicted molar refractivity (Wildman–Crippen MR) is 79.6 cm³/mol. The van der Waals surface area contributed by atoms with Crippen molar-refractivity contribution in [1.29, 1.82) is 0 Å². The zero-order chi connectivity index (χ0) is 14.3. The van der Waals surface area contributed by atoms with Gasteiger partial charge in [0, 0.05) is 6.54 Å². The molecule has 3 N–H and O–H groups in total. The molecule has 0 saturated heterocycles. The van der Waals surface area contributed by atoms with Gasteiger partial charge in [-0.2, -0.15) is 5.48 Å². The van der Waals surface area contributed by atoms with Crippen LogP contribution in [0.2, 0.25) is 0 Å². The first-order chi connectivity index (χ1) is 9.18. The molecule has 1 atom stereocenters. The van der Waals surface area contributed by atoms with E-state index in [4.69, 9.17) is 10.6 Å². The fourth-order valence-electron chi connectivity index (χ4n) is 1.90. The highest BCUT2D eigenvalue weighted by atomic mass is 16.7. The average molecular weight is 272 g/mol. The van der Waals surface area contributed by atoms with Gasteiger partial charge in [-0.1, -0.05) is 64.7 Å². The molecule has 0 aliphatic heterocycles. The third-order valence-electron chi connectivity index (χ3n) is 3.18. The van der Waals surface area contributed by atoms with E-state index in [0.717, 1.165) is 13.0 Å². The summed E-state index contributed by atoms with van der Waals surface area (Å²) in [6, 6.07) is -0.555. The number of nitrogens with one attached hydrogen (secondary N) is 1. The van der Waals surface area contributed by atoms with E-state index in [1.807, 2.05) is 0 Å². The van der Waals surface area contributed by atoms with Crippen LogP contribution in [0.3, 0.4) is 0 Å². The second-order valence-electron chi connectivity index (χ2n) is 5.29. The van der Waals surface area contributed by atoms with E-state index in [0.29, 0.717) is 0 Å². The number of nitrogens with two attached hydrogens (primary N) is 1. The van der Waals surface area contributed by atoms with Crippen molar-refractivity contribution >= 4 is 5.97 Å². The number of hydroxylamine groups is 1. The summed E-state index contributed by atoms with van der Waals surface area (Å²) in [5, 5.41) is 0. The van der Waals surface area contributed by atoms with Crippen LogP contribution in [0, 0.1) is 0 Å². The Morgan fingerprint density at radius 1 is 1.00 bits per heavy atom. The summed E-state index contributed by atoms with van der Waals surface area (Å²) in [7, 11) is 0. The Balaban J connectivity index is 3.05. The Morgan fingerprint density at radius 3 is 1.95 bits per heavy atom. The molecule has 0 aliphatic carbocycles. The van der Waals surface area contributed by atoms with Crippen molar-refractivity contribution in [3.63, 3.8) is 0 Å². The van der Waals surface area contributed by atoms with Gasteiger partial charge < -0.3 is 10.6 Å². The van der Waals surface area contributed by atoms with E-state index in [9.17, 15) is 4.79 Å². The Hall–Kier alpha value is -0.610. The van der Waals surface area contributed by atoms with Crippen LogP contribution in [-0.2, 0) is 9.63 Å². The van der Waals surface area contributed by atoms with E-state index in [-0.39, 0.29) is 0 Å². The van der Waals surface area contributed by atoms with Gasteiger partial charge in [-0.05, 0) is 13.3 Å². The van der Waals surface area contributed by atoms with E-state index in [1.54, 1.807) is 6.92 Å². The summed E-state index contributed by atoms with van der Waals surface area (Å²) in [6.07, 6.45) is 13.1. The molecule has 0 aliphatic rings. The van der Waals surface area contributed by atoms with Crippen molar-refractivity contribution in [3.8, 4) is 0 Å². The van der Waals surface area contributed by atoms with E-state index in [2.05, 4.69) is 12.4 Å². The third-order valence-corrected chi connectivity index (χ3v) is 3.18. The molecule has 0 spiro atoms. The molecule has 4 heteroatoms.